The standard InChI is InChI=1S/C28H28N2O3/c1-18-8-10-20(11-9-18)15-25-27(32)26-19(2)14-24(31)22(28(26)33-25)17-30-13-4-3-7-23(30)21-6-5-12-29-16-21/h5-6,8-12,14-16,23,31H,3-4,7,13,17H2,1-2H3/b25-15-/t23-/m0/s1. The summed E-state index contributed by atoms with van der Waals surface area (Å²) in [6, 6.07) is 14.0. The third-order valence-corrected chi connectivity index (χ3v) is 6.64. The Labute approximate surface area is 194 Å². The zero-order chi connectivity index (χ0) is 22.9. The normalized spacial score (nSPS) is 19.5. The van der Waals surface area contributed by atoms with E-state index in [1.54, 1.807) is 18.3 Å². The van der Waals surface area contributed by atoms with Gasteiger partial charge in [-0.3, -0.25) is 14.7 Å². The van der Waals surface area contributed by atoms with Crippen LogP contribution in [0.2, 0.25) is 0 Å². The van der Waals surface area contributed by atoms with Crippen molar-refractivity contribution in [2.24, 2.45) is 0 Å². The SMILES string of the molecule is Cc1ccc(/C=C2\Oc3c(CN4CCCC[C@H]4c4cccnc4)c(O)cc(C)c3C2=O)cc1. The Balaban J connectivity index is 1.49. The molecule has 1 aromatic heterocycles. The summed E-state index contributed by atoms with van der Waals surface area (Å²) < 4.78 is 6.14. The molecule has 5 heteroatoms. The number of hydrogen-bond donors (Lipinski definition) is 1. The number of carbonyl (C=O) groups is 1. The fourth-order valence-electron chi connectivity index (χ4n) is 4.88. The lowest BCUT2D eigenvalue weighted by atomic mass is 9.94. The summed E-state index contributed by atoms with van der Waals surface area (Å²) in [7, 11) is 0. The van der Waals surface area contributed by atoms with Gasteiger partial charge in [0.05, 0.1) is 11.1 Å². The fraction of sp³-hybridized carbons (Fsp3) is 0.286. The molecule has 1 N–H and O–H groups in total. The fourth-order valence-corrected chi connectivity index (χ4v) is 4.88. The van der Waals surface area contributed by atoms with Crippen molar-refractivity contribution in [1.29, 1.82) is 0 Å². The molecule has 1 fully saturated rings. The second-order valence-corrected chi connectivity index (χ2v) is 9.01. The number of aromatic hydroxyl groups is 1. The lowest BCUT2D eigenvalue weighted by Crippen LogP contribution is -2.33. The Hall–Kier alpha value is -3.44. The first-order valence-corrected chi connectivity index (χ1v) is 11.5. The van der Waals surface area contributed by atoms with E-state index in [-0.39, 0.29) is 17.6 Å². The van der Waals surface area contributed by atoms with Crippen LogP contribution in [0, 0.1) is 13.8 Å². The highest BCUT2D eigenvalue weighted by Gasteiger charge is 2.35. The lowest BCUT2D eigenvalue weighted by molar-refractivity contribution is 0.101. The predicted octanol–water partition coefficient (Wildman–Crippen LogP) is 5.75. The predicted molar refractivity (Wildman–Crippen MR) is 128 cm³/mol. The van der Waals surface area contributed by atoms with Gasteiger partial charge in [-0.15, -0.1) is 0 Å². The molecule has 0 saturated carbocycles. The van der Waals surface area contributed by atoms with Crippen molar-refractivity contribution >= 4 is 11.9 Å². The van der Waals surface area contributed by atoms with E-state index in [9.17, 15) is 9.90 Å². The van der Waals surface area contributed by atoms with E-state index in [1.807, 2.05) is 50.4 Å². The van der Waals surface area contributed by atoms with Gasteiger partial charge >= 0.3 is 0 Å². The summed E-state index contributed by atoms with van der Waals surface area (Å²) in [4.78, 5) is 19.9. The summed E-state index contributed by atoms with van der Waals surface area (Å²) in [5.41, 5.74) is 5.20. The van der Waals surface area contributed by atoms with Gasteiger partial charge in [-0.25, -0.2) is 0 Å². The van der Waals surface area contributed by atoms with Crippen LogP contribution in [0.1, 0.15) is 63.5 Å². The molecule has 3 aromatic rings. The minimum Gasteiger partial charge on any atom is -0.507 e. The Morgan fingerprint density at radius 1 is 1.18 bits per heavy atom. The van der Waals surface area contributed by atoms with Gasteiger partial charge in [0.1, 0.15) is 11.5 Å². The number of piperidine rings is 1. The highest BCUT2D eigenvalue weighted by molar-refractivity contribution is 6.15. The number of aromatic nitrogens is 1. The van der Waals surface area contributed by atoms with Crippen LogP contribution < -0.4 is 4.74 Å². The minimum atomic E-state index is -0.133. The number of ether oxygens (including phenoxy) is 1. The Morgan fingerprint density at radius 3 is 2.76 bits per heavy atom. The first kappa shape index (κ1) is 21.4. The summed E-state index contributed by atoms with van der Waals surface area (Å²) in [6.45, 7) is 5.31. The summed E-state index contributed by atoms with van der Waals surface area (Å²) in [5, 5.41) is 10.9. The van der Waals surface area contributed by atoms with Crippen molar-refractivity contribution in [3.63, 3.8) is 0 Å². The molecular formula is C28H28N2O3. The number of likely N-dealkylation sites (tertiary alicyclic amines) is 1. The largest absolute Gasteiger partial charge is 0.507 e. The monoisotopic (exact) mass is 440 g/mol. The van der Waals surface area contributed by atoms with Crippen molar-refractivity contribution in [3.05, 3.63) is 94.0 Å². The Morgan fingerprint density at radius 2 is 2.00 bits per heavy atom. The number of rotatable bonds is 4. The molecule has 0 aliphatic carbocycles. The molecule has 5 nitrogen and oxygen atoms in total. The zero-order valence-electron chi connectivity index (χ0n) is 19.0. The number of Topliss-reactive ketones (excluding diaryl/α,β-unsaturated/α-hetero) is 1. The van der Waals surface area contributed by atoms with Crippen molar-refractivity contribution in [2.75, 3.05) is 6.54 Å². The number of phenolic OH excluding ortho intramolecular Hbond substituents is 1. The molecule has 33 heavy (non-hydrogen) atoms. The van der Waals surface area contributed by atoms with Gasteiger partial charge in [0.25, 0.3) is 0 Å². The number of phenols is 1. The minimum absolute atomic E-state index is 0.133. The number of carbonyl (C=O) groups excluding carboxylic acids is 1. The van der Waals surface area contributed by atoms with Gasteiger partial charge < -0.3 is 9.84 Å². The molecule has 1 atom stereocenters. The number of benzene rings is 2. The molecule has 5 rings (SSSR count). The highest BCUT2D eigenvalue weighted by atomic mass is 16.5. The molecule has 0 bridgehead atoms. The van der Waals surface area contributed by atoms with Crippen molar-refractivity contribution < 1.29 is 14.6 Å². The van der Waals surface area contributed by atoms with Crippen molar-refractivity contribution in [3.8, 4) is 11.5 Å². The quantitative estimate of drug-likeness (QED) is 0.524. The van der Waals surface area contributed by atoms with Gasteiger partial charge in [-0.1, -0.05) is 42.3 Å². The maximum absolute atomic E-state index is 13.2. The van der Waals surface area contributed by atoms with E-state index in [0.717, 1.165) is 42.5 Å². The van der Waals surface area contributed by atoms with Crippen molar-refractivity contribution in [1.82, 2.24) is 9.88 Å². The number of ketones is 1. The average Bonchev–Trinajstić information content (AvgIpc) is 3.15. The molecule has 2 aliphatic rings. The number of pyridine rings is 1. The Kier molecular flexibility index (Phi) is 5.73. The molecule has 1 saturated heterocycles. The van der Waals surface area contributed by atoms with Gasteiger partial charge in [-0.05, 0) is 68.1 Å². The number of fused-ring (bicyclic) bond motifs is 1. The summed E-state index contributed by atoms with van der Waals surface area (Å²) in [6.07, 6.45) is 8.79. The van der Waals surface area contributed by atoms with E-state index in [2.05, 4.69) is 16.0 Å². The van der Waals surface area contributed by atoms with Crippen LogP contribution in [-0.4, -0.2) is 27.3 Å². The molecule has 2 aliphatic heterocycles. The molecule has 0 unspecified atom stereocenters. The van der Waals surface area contributed by atoms with Gasteiger partial charge in [0.2, 0.25) is 5.78 Å². The van der Waals surface area contributed by atoms with E-state index in [4.69, 9.17) is 4.74 Å². The maximum Gasteiger partial charge on any atom is 0.232 e. The second-order valence-electron chi connectivity index (χ2n) is 9.01. The van der Waals surface area contributed by atoms with E-state index >= 15 is 0 Å². The van der Waals surface area contributed by atoms with Gasteiger partial charge in [-0.2, -0.15) is 0 Å². The second kappa shape index (κ2) is 8.83. The Bertz CT molecular complexity index is 1220. The van der Waals surface area contributed by atoms with Crippen LogP contribution in [0.4, 0.5) is 0 Å². The molecule has 2 aromatic carbocycles. The van der Waals surface area contributed by atoms with E-state index in [0.29, 0.717) is 29.2 Å². The van der Waals surface area contributed by atoms with Crippen LogP contribution in [0.5, 0.6) is 11.5 Å². The maximum atomic E-state index is 13.2. The van der Waals surface area contributed by atoms with Crippen LogP contribution in [-0.2, 0) is 6.54 Å². The highest BCUT2D eigenvalue weighted by Crippen LogP contribution is 2.44. The van der Waals surface area contributed by atoms with Crippen LogP contribution in [0.25, 0.3) is 6.08 Å². The van der Waals surface area contributed by atoms with Gasteiger partial charge in [0, 0.05) is 25.0 Å². The first-order valence-electron chi connectivity index (χ1n) is 11.5. The zero-order valence-corrected chi connectivity index (χ0v) is 19.0. The number of aryl methyl sites for hydroxylation is 2. The molecule has 3 heterocycles. The number of allylic oxidation sites excluding steroid dienone is 1. The summed E-state index contributed by atoms with van der Waals surface area (Å²) in [5.74, 6) is 0.829. The van der Waals surface area contributed by atoms with Crippen LogP contribution in [0.3, 0.4) is 0 Å². The molecule has 0 radical (unpaired) electrons. The summed E-state index contributed by atoms with van der Waals surface area (Å²) >= 11 is 0. The lowest BCUT2D eigenvalue weighted by Gasteiger charge is -2.36. The number of hydrogen-bond acceptors (Lipinski definition) is 5. The first-order chi connectivity index (χ1) is 16.0. The van der Waals surface area contributed by atoms with Crippen molar-refractivity contribution in [2.45, 2.75) is 45.7 Å². The molecule has 168 valence electrons. The molecular weight excluding hydrogens is 412 g/mol. The van der Waals surface area contributed by atoms with Crippen LogP contribution in [0.15, 0.2) is 60.6 Å². The van der Waals surface area contributed by atoms with Gasteiger partial charge in [0.15, 0.2) is 5.76 Å². The topological polar surface area (TPSA) is 62.7 Å². The smallest absolute Gasteiger partial charge is 0.232 e. The average molecular weight is 441 g/mol. The third-order valence-electron chi connectivity index (χ3n) is 6.64. The van der Waals surface area contributed by atoms with Crippen LogP contribution >= 0.6 is 0 Å². The third kappa shape index (κ3) is 4.16. The molecule has 0 amide bonds. The van der Waals surface area contributed by atoms with E-state index in [1.165, 1.54) is 5.56 Å². The molecule has 0 spiro atoms. The number of nitrogens with zero attached hydrogens (tertiary/aromatic N) is 2. The van der Waals surface area contributed by atoms with E-state index < -0.39 is 0 Å².